The number of aliphatic carboxylic acids is 1. The third kappa shape index (κ3) is 282. The molecule has 44 valence electrons. The van der Waals surface area contributed by atoms with Gasteiger partial charge in [-0.2, -0.15) is 0 Å². The fourth-order valence-corrected chi connectivity index (χ4v) is 0. The van der Waals surface area contributed by atoms with Gasteiger partial charge in [-0.25, -0.2) is 4.79 Å². The normalized spacial score (nSPS) is 4.88. The lowest BCUT2D eigenvalue weighted by Crippen LogP contribution is -1.83. The summed E-state index contributed by atoms with van der Waals surface area (Å²) in [7, 11) is 0. The topological polar surface area (TPSA) is 87.0 Å². The van der Waals surface area contributed by atoms with Crippen molar-refractivity contribution in [2.45, 2.75) is 0 Å². The molecule has 5 heteroatoms. The average molecular weight is 117 g/mol. The van der Waals surface area contributed by atoms with E-state index >= 15 is 0 Å². The van der Waals surface area contributed by atoms with E-state index in [2.05, 4.69) is 6.42 Å². The molecule has 0 saturated carbocycles. The van der Waals surface area contributed by atoms with Crippen molar-refractivity contribution in [3.63, 3.8) is 0 Å². The van der Waals surface area contributed by atoms with Gasteiger partial charge in [0, 0.05) is 5.92 Å². The van der Waals surface area contributed by atoms with E-state index in [1.54, 1.807) is 0 Å². The van der Waals surface area contributed by atoms with Crippen LogP contribution in [0.3, 0.4) is 0 Å². The van der Waals surface area contributed by atoms with Crippen molar-refractivity contribution in [3.05, 3.63) is 4.91 Å². The Morgan fingerprint density at radius 2 is 1.88 bits per heavy atom. The van der Waals surface area contributed by atoms with E-state index in [-0.39, 0.29) is 0 Å². The quantitative estimate of drug-likeness (QED) is 0.262. The molecule has 0 bridgehead atoms. The largest absolute Gasteiger partial charge is 0.472 e. The number of carbonyl (C=O) groups is 1. The van der Waals surface area contributed by atoms with E-state index in [9.17, 15) is 0 Å². The molecule has 0 aliphatic heterocycles. The summed E-state index contributed by atoms with van der Waals surface area (Å²) in [5, 5.41) is 15.4. The first-order valence-corrected chi connectivity index (χ1v) is 1.35. The number of rotatable bonds is 0. The van der Waals surface area contributed by atoms with Crippen molar-refractivity contribution in [2.75, 3.05) is 0 Å². The Labute approximate surface area is 44.9 Å². The summed E-state index contributed by atoms with van der Waals surface area (Å²) >= 11 is 0. The Bertz CT molecular complexity index is 113. The van der Waals surface area contributed by atoms with Gasteiger partial charge < -0.3 is 10.3 Å². The van der Waals surface area contributed by atoms with Crippen LogP contribution in [0.25, 0.3) is 0 Å². The third-order valence-electron chi connectivity index (χ3n) is 0.123. The molecular formula is C3H3NO4. The van der Waals surface area contributed by atoms with Crippen molar-refractivity contribution < 1.29 is 15.1 Å². The van der Waals surface area contributed by atoms with Gasteiger partial charge in [0.1, 0.15) is 0 Å². The molecule has 0 aliphatic rings. The summed E-state index contributed by atoms with van der Waals surface area (Å²) in [5.74, 6) is 0.227. The van der Waals surface area contributed by atoms with E-state index in [4.69, 9.17) is 20.0 Å². The fraction of sp³-hybridized carbons (Fsp3) is 0. The van der Waals surface area contributed by atoms with Crippen LogP contribution in [0.1, 0.15) is 0 Å². The third-order valence-corrected chi connectivity index (χ3v) is 0.123. The molecule has 0 rings (SSSR count). The van der Waals surface area contributed by atoms with Crippen molar-refractivity contribution >= 4 is 5.97 Å². The molecule has 0 fully saturated rings. The maximum atomic E-state index is 9.13. The molecule has 0 aromatic carbocycles. The van der Waals surface area contributed by atoms with Gasteiger partial charge in [-0.05, 0) is 0 Å². The highest BCUT2D eigenvalue weighted by Gasteiger charge is 1.74. The maximum Gasteiger partial charge on any atom is 0.381 e. The summed E-state index contributed by atoms with van der Waals surface area (Å²) in [6, 6.07) is 0. The minimum absolute atomic E-state index is 1.22. The minimum Gasteiger partial charge on any atom is -0.472 e. The van der Waals surface area contributed by atoms with Gasteiger partial charge in [0.05, 0.1) is 0 Å². The molecule has 0 amide bonds. The van der Waals surface area contributed by atoms with E-state index in [0.29, 0.717) is 0 Å². The molecule has 0 aromatic heterocycles. The van der Waals surface area contributed by atoms with Crippen molar-refractivity contribution in [1.29, 1.82) is 0 Å². The summed E-state index contributed by atoms with van der Waals surface area (Å²) in [6.07, 6.45) is 4.32. The van der Waals surface area contributed by atoms with Crippen LogP contribution in [0.5, 0.6) is 0 Å². The molecule has 0 spiro atoms. The van der Waals surface area contributed by atoms with Crippen LogP contribution < -0.4 is 0 Å². The highest BCUT2D eigenvalue weighted by molar-refractivity contribution is 5.85. The Morgan fingerprint density at radius 3 is 1.88 bits per heavy atom. The molecule has 0 saturated heterocycles. The molecule has 0 aromatic rings. The lowest BCUT2D eigenvalue weighted by Gasteiger charge is -1.60. The maximum absolute atomic E-state index is 9.13. The van der Waals surface area contributed by atoms with Crippen molar-refractivity contribution in [2.24, 2.45) is 5.34 Å². The first-order valence-electron chi connectivity index (χ1n) is 1.35. The number of terminal acetylenes is 1. The monoisotopic (exact) mass is 117 g/mol. The molecule has 0 unspecified atom stereocenters. The molecular weight excluding hydrogens is 114 g/mol. The second kappa shape index (κ2) is 9.06. The predicted octanol–water partition coefficient (Wildman–Crippen LogP) is -0.154. The zero-order valence-electron chi connectivity index (χ0n) is 3.74. The lowest BCUT2D eigenvalue weighted by atomic mass is 10.7. The van der Waals surface area contributed by atoms with Crippen LogP contribution in [0, 0.1) is 17.3 Å². The van der Waals surface area contributed by atoms with Crippen LogP contribution in [0.2, 0.25) is 0 Å². The molecule has 5 nitrogen and oxygen atoms in total. The fourth-order valence-electron chi connectivity index (χ4n) is 0. The highest BCUT2D eigenvalue weighted by Crippen LogP contribution is 1.44. The van der Waals surface area contributed by atoms with Gasteiger partial charge in [0.2, 0.25) is 0 Å². The zero-order valence-corrected chi connectivity index (χ0v) is 3.74. The van der Waals surface area contributed by atoms with Gasteiger partial charge in [-0.1, -0.05) is 0 Å². The van der Waals surface area contributed by atoms with E-state index in [1.807, 2.05) is 0 Å². The van der Waals surface area contributed by atoms with Crippen LogP contribution >= 0.6 is 0 Å². The van der Waals surface area contributed by atoms with Gasteiger partial charge >= 0.3 is 5.97 Å². The lowest BCUT2D eigenvalue weighted by molar-refractivity contribution is -0.130. The van der Waals surface area contributed by atoms with Crippen LogP contribution in [-0.2, 0) is 4.79 Å². The summed E-state index contributed by atoms with van der Waals surface area (Å²) in [4.78, 5) is 17.2. The van der Waals surface area contributed by atoms with Crippen molar-refractivity contribution in [3.8, 4) is 12.3 Å². The van der Waals surface area contributed by atoms with Gasteiger partial charge in [0.25, 0.3) is 0 Å². The standard InChI is InChI=1S/C3H2O2.HNO2/c1-2-3(4)5;2-1-3/h1H,(H,4,5);(H,2,3). The molecule has 0 heterocycles. The molecule has 0 radical (unpaired) electrons. The van der Waals surface area contributed by atoms with Crippen LogP contribution in [0.15, 0.2) is 5.34 Å². The van der Waals surface area contributed by atoms with Gasteiger partial charge in [0.15, 0.2) is 5.34 Å². The number of hydrogen-bond donors (Lipinski definition) is 2. The van der Waals surface area contributed by atoms with Gasteiger partial charge in [-0.3, -0.25) is 0 Å². The zero-order chi connectivity index (χ0) is 6.99. The Hall–Kier alpha value is -1.57. The van der Waals surface area contributed by atoms with Crippen LogP contribution in [0.4, 0.5) is 0 Å². The molecule has 2 N–H and O–H groups in total. The number of carboxylic acids is 1. The van der Waals surface area contributed by atoms with E-state index in [0.717, 1.165) is 0 Å². The summed E-state index contributed by atoms with van der Waals surface area (Å²) in [6.45, 7) is 0. The summed E-state index contributed by atoms with van der Waals surface area (Å²) in [5.41, 5.74) is 0. The number of hydrogen-bond acceptors (Lipinski definition) is 3. The van der Waals surface area contributed by atoms with E-state index in [1.165, 1.54) is 11.3 Å². The summed E-state index contributed by atoms with van der Waals surface area (Å²) < 4.78 is 0. The molecule has 0 atom stereocenters. The minimum atomic E-state index is -1.22. The molecule has 8 heavy (non-hydrogen) atoms. The van der Waals surface area contributed by atoms with Crippen molar-refractivity contribution in [1.82, 2.24) is 0 Å². The Kier molecular flexibility index (Phi) is 10.9. The second-order valence-electron chi connectivity index (χ2n) is 0.531. The number of nitrogens with zero attached hydrogens (tertiary/aromatic N) is 1. The SMILES string of the molecule is C#CC(=O)O.O=NO. The average Bonchev–Trinajstić information content (AvgIpc) is 1.69. The second-order valence-corrected chi connectivity index (χ2v) is 0.531. The molecule has 0 aliphatic carbocycles. The number of carboxylic acid groups (broad SMARTS) is 1. The first-order chi connectivity index (χ1) is 3.68. The predicted molar refractivity (Wildman–Crippen MR) is 24.1 cm³/mol. The highest BCUT2D eigenvalue weighted by atomic mass is 16.6. The van der Waals surface area contributed by atoms with Gasteiger partial charge in [-0.15, -0.1) is 11.3 Å². The Balaban J connectivity index is 0. The first kappa shape index (κ1) is 9.66. The van der Waals surface area contributed by atoms with E-state index < -0.39 is 5.97 Å². The smallest absolute Gasteiger partial charge is 0.381 e. The Morgan fingerprint density at radius 1 is 1.75 bits per heavy atom. The van der Waals surface area contributed by atoms with Crippen LogP contribution in [-0.4, -0.2) is 16.3 Å².